The normalized spacial score (nSPS) is 15.1. The van der Waals surface area contributed by atoms with Gasteiger partial charge in [-0.05, 0) is 19.3 Å². The Kier molecular flexibility index (Phi) is 5.62. The Morgan fingerprint density at radius 1 is 1.30 bits per heavy atom. The van der Waals surface area contributed by atoms with Crippen molar-refractivity contribution in [2.75, 3.05) is 7.11 Å². The highest BCUT2D eigenvalue weighted by Gasteiger charge is 2.21. The summed E-state index contributed by atoms with van der Waals surface area (Å²) in [5.41, 5.74) is -0.0846. The molecular weight excluding hydrogens is 348 g/mol. The first-order chi connectivity index (χ1) is 13.0. The molecule has 1 amide bonds. The van der Waals surface area contributed by atoms with Crippen molar-refractivity contribution in [1.29, 1.82) is 0 Å². The summed E-state index contributed by atoms with van der Waals surface area (Å²) in [4.78, 5) is 42.4. The molecule has 1 saturated carbocycles. The Hall–Kier alpha value is -2.64. The summed E-state index contributed by atoms with van der Waals surface area (Å²) in [5.74, 6) is 0.0866. The molecule has 0 unspecified atom stereocenters. The van der Waals surface area contributed by atoms with Crippen LogP contribution in [0.3, 0.4) is 0 Å². The van der Waals surface area contributed by atoms with Crippen molar-refractivity contribution < 1.29 is 9.53 Å². The third-order valence-corrected chi connectivity index (χ3v) is 5.24. The van der Waals surface area contributed by atoms with Crippen LogP contribution in [0, 0.1) is 0 Å². The lowest BCUT2D eigenvalue weighted by molar-refractivity contribution is -0.122. The van der Waals surface area contributed by atoms with Gasteiger partial charge in [0.1, 0.15) is 17.7 Å². The number of hydrogen-bond donors (Lipinski definition) is 1. The molecule has 8 nitrogen and oxygen atoms in total. The molecule has 3 rings (SSSR count). The van der Waals surface area contributed by atoms with Crippen LogP contribution in [0.2, 0.25) is 0 Å². The van der Waals surface area contributed by atoms with Crippen molar-refractivity contribution in [2.45, 2.75) is 58.0 Å². The van der Waals surface area contributed by atoms with Gasteiger partial charge in [-0.3, -0.25) is 14.2 Å². The lowest BCUT2D eigenvalue weighted by atomic mass is 9.95. The van der Waals surface area contributed by atoms with Crippen LogP contribution in [0.5, 0.6) is 5.75 Å². The van der Waals surface area contributed by atoms with Gasteiger partial charge in [0.2, 0.25) is 5.91 Å². The SMILES string of the molecule is CCc1cnc2c(c1OC)c(=O)n(CC(=O)NC1CCCCC1)c(=O)n2C. The highest BCUT2D eigenvalue weighted by molar-refractivity contribution is 5.83. The van der Waals surface area contributed by atoms with E-state index in [1.165, 1.54) is 25.1 Å². The number of nitrogens with zero attached hydrogens (tertiary/aromatic N) is 3. The van der Waals surface area contributed by atoms with E-state index in [-0.39, 0.29) is 29.5 Å². The number of aromatic nitrogens is 3. The van der Waals surface area contributed by atoms with E-state index in [9.17, 15) is 14.4 Å². The number of carbonyl (C=O) groups excluding carboxylic acids is 1. The Morgan fingerprint density at radius 3 is 2.63 bits per heavy atom. The van der Waals surface area contributed by atoms with Crippen LogP contribution < -0.4 is 21.3 Å². The van der Waals surface area contributed by atoms with Crippen LogP contribution in [0.15, 0.2) is 15.8 Å². The van der Waals surface area contributed by atoms with Crippen molar-refractivity contribution in [1.82, 2.24) is 19.4 Å². The maximum Gasteiger partial charge on any atom is 0.332 e. The minimum absolute atomic E-state index is 0.120. The van der Waals surface area contributed by atoms with Gasteiger partial charge in [-0.25, -0.2) is 14.3 Å². The number of amides is 1. The summed E-state index contributed by atoms with van der Waals surface area (Å²) in [7, 11) is 3.02. The van der Waals surface area contributed by atoms with Crippen molar-refractivity contribution in [2.24, 2.45) is 7.05 Å². The van der Waals surface area contributed by atoms with E-state index >= 15 is 0 Å². The topological polar surface area (TPSA) is 95.2 Å². The highest BCUT2D eigenvalue weighted by Crippen LogP contribution is 2.25. The van der Waals surface area contributed by atoms with Gasteiger partial charge in [0, 0.05) is 24.8 Å². The number of hydrogen-bond acceptors (Lipinski definition) is 5. The van der Waals surface area contributed by atoms with Crippen LogP contribution in [0.4, 0.5) is 0 Å². The van der Waals surface area contributed by atoms with Gasteiger partial charge in [0.15, 0.2) is 5.65 Å². The van der Waals surface area contributed by atoms with Gasteiger partial charge in [0.05, 0.1) is 7.11 Å². The Balaban J connectivity index is 2.03. The quantitative estimate of drug-likeness (QED) is 0.846. The van der Waals surface area contributed by atoms with Crippen LogP contribution in [0.25, 0.3) is 11.0 Å². The molecule has 0 bridgehead atoms. The number of carbonyl (C=O) groups is 1. The minimum atomic E-state index is -0.565. The zero-order chi connectivity index (χ0) is 19.6. The van der Waals surface area contributed by atoms with Gasteiger partial charge in [-0.2, -0.15) is 0 Å². The number of nitrogens with one attached hydrogen (secondary N) is 1. The predicted molar refractivity (Wildman–Crippen MR) is 102 cm³/mol. The number of fused-ring (bicyclic) bond motifs is 1. The second-order valence-electron chi connectivity index (χ2n) is 7.00. The van der Waals surface area contributed by atoms with Crippen molar-refractivity contribution >= 4 is 16.9 Å². The fourth-order valence-electron chi connectivity index (χ4n) is 3.75. The van der Waals surface area contributed by atoms with Crippen molar-refractivity contribution in [3.05, 3.63) is 32.6 Å². The third-order valence-electron chi connectivity index (χ3n) is 5.24. The largest absolute Gasteiger partial charge is 0.495 e. The molecule has 8 heteroatoms. The minimum Gasteiger partial charge on any atom is -0.495 e. The highest BCUT2D eigenvalue weighted by atomic mass is 16.5. The number of methoxy groups -OCH3 is 1. The summed E-state index contributed by atoms with van der Waals surface area (Å²) in [5, 5.41) is 3.17. The Labute approximate surface area is 157 Å². The Morgan fingerprint density at radius 2 is 2.00 bits per heavy atom. The smallest absolute Gasteiger partial charge is 0.332 e. The van der Waals surface area contributed by atoms with E-state index in [1.807, 2.05) is 6.92 Å². The molecule has 0 aliphatic heterocycles. The van der Waals surface area contributed by atoms with E-state index in [2.05, 4.69) is 10.3 Å². The summed E-state index contributed by atoms with van der Waals surface area (Å²) in [6.45, 7) is 1.63. The number of rotatable bonds is 5. The summed E-state index contributed by atoms with van der Waals surface area (Å²) < 4.78 is 7.68. The van der Waals surface area contributed by atoms with Crippen molar-refractivity contribution in [3.63, 3.8) is 0 Å². The molecule has 2 aromatic rings. The molecule has 0 aromatic carbocycles. The standard InChI is InChI=1S/C19H26N4O4/c1-4-12-10-20-17-15(16(12)27-3)18(25)23(19(26)22(17)2)11-14(24)21-13-8-6-5-7-9-13/h10,13H,4-9,11H2,1-3H3,(H,21,24). The maximum absolute atomic E-state index is 13.0. The van der Waals surface area contributed by atoms with Crippen LogP contribution in [0.1, 0.15) is 44.6 Å². The predicted octanol–water partition coefficient (Wildman–Crippen LogP) is 1.12. The molecule has 1 fully saturated rings. The summed E-state index contributed by atoms with van der Waals surface area (Å²) >= 11 is 0. The van der Waals surface area contributed by atoms with Gasteiger partial charge in [-0.15, -0.1) is 0 Å². The van der Waals surface area contributed by atoms with E-state index < -0.39 is 11.2 Å². The molecule has 0 radical (unpaired) electrons. The fourth-order valence-corrected chi connectivity index (χ4v) is 3.75. The van der Waals surface area contributed by atoms with Gasteiger partial charge in [-0.1, -0.05) is 26.2 Å². The zero-order valence-corrected chi connectivity index (χ0v) is 16.1. The fraction of sp³-hybridized carbons (Fsp3) is 0.579. The van der Waals surface area contributed by atoms with E-state index in [4.69, 9.17) is 4.74 Å². The van der Waals surface area contributed by atoms with E-state index in [0.29, 0.717) is 12.2 Å². The van der Waals surface area contributed by atoms with Crippen LogP contribution in [-0.4, -0.2) is 33.2 Å². The molecule has 0 saturated heterocycles. The first kappa shape index (κ1) is 19.1. The van der Waals surface area contributed by atoms with Crippen molar-refractivity contribution in [3.8, 4) is 5.75 Å². The van der Waals surface area contributed by atoms with Crippen LogP contribution in [-0.2, 0) is 24.8 Å². The second-order valence-corrected chi connectivity index (χ2v) is 7.00. The lowest BCUT2D eigenvalue weighted by Gasteiger charge is -2.23. The molecular formula is C19H26N4O4. The molecule has 146 valence electrons. The van der Waals surface area contributed by atoms with E-state index in [1.54, 1.807) is 6.20 Å². The summed E-state index contributed by atoms with van der Waals surface area (Å²) in [6, 6.07) is 0.120. The number of aryl methyl sites for hydroxylation is 2. The molecule has 2 aromatic heterocycles. The first-order valence-corrected chi connectivity index (χ1v) is 9.42. The Bertz CT molecular complexity index is 970. The molecule has 1 N–H and O–H groups in total. The van der Waals surface area contributed by atoms with Crippen LogP contribution >= 0.6 is 0 Å². The second kappa shape index (κ2) is 7.94. The molecule has 1 aliphatic rings. The average molecular weight is 374 g/mol. The lowest BCUT2D eigenvalue weighted by Crippen LogP contribution is -2.45. The van der Waals surface area contributed by atoms with Gasteiger partial charge >= 0.3 is 5.69 Å². The average Bonchev–Trinajstić information content (AvgIpc) is 2.69. The number of pyridine rings is 1. The van der Waals surface area contributed by atoms with Gasteiger partial charge < -0.3 is 10.1 Å². The first-order valence-electron chi connectivity index (χ1n) is 9.42. The van der Waals surface area contributed by atoms with E-state index in [0.717, 1.165) is 35.8 Å². The van der Waals surface area contributed by atoms with Gasteiger partial charge in [0.25, 0.3) is 5.56 Å². The molecule has 2 heterocycles. The zero-order valence-electron chi connectivity index (χ0n) is 16.1. The molecule has 0 spiro atoms. The molecule has 0 atom stereocenters. The maximum atomic E-state index is 13.0. The molecule has 1 aliphatic carbocycles. The summed E-state index contributed by atoms with van der Waals surface area (Å²) in [6.07, 6.45) is 7.48. The molecule has 27 heavy (non-hydrogen) atoms. The third kappa shape index (κ3) is 3.61. The number of ether oxygens (including phenoxy) is 1. The monoisotopic (exact) mass is 374 g/mol.